The zero-order chi connectivity index (χ0) is 18.3. The number of hydrogen-bond donors (Lipinski definition) is 1. The van der Waals surface area contributed by atoms with E-state index in [-0.39, 0.29) is 17.3 Å². The van der Waals surface area contributed by atoms with Crippen LogP contribution in [0.1, 0.15) is 16.8 Å². The summed E-state index contributed by atoms with van der Waals surface area (Å²) in [4.78, 5) is 26.5. The lowest BCUT2D eigenvalue weighted by Gasteiger charge is -2.32. The molecule has 1 aliphatic heterocycles. The van der Waals surface area contributed by atoms with Gasteiger partial charge in [0.05, 0.1) is 4.90 Å². The number of nitrogens with zero attached hydrogens (tertiary/aromatic N) is 2. The van der Waals surface area contributed by atoms with Gasteiger partial charge in [-0.15, -0.1) is 0 Å². The molecule has 0 unspecified atom stereocenters. The summed E-state index contributed by atoms with van der Waals surface area (Å²) < 4.78 is 31.7. The first kappa shape index (κ1) is 19.4. The fraction of sp³-hybridized carbons (Fsp3) is 0.500. The molecule has 0 spiro atoms. The summed E-state index contributed by atoms with van der Waals surface area (Å²) in [7, 11) is -2.04. The standard InChI is InChI=1S/C16H23N3O5S/c1-24-12-2-7-17-25(22,23)15-5-3-14(4-6-15)16(21)19-10-8-18(13-20)9-11-19/h3-6,13,17H,2,7-12H2,1H3. The summed E-state index contributed by atoms with van der Waals surface area (Å²) in [6.45, 7) is 2.72. The van der Waals surface area contributed by atoms with Gasteiger partial charge in [-0.3, -0.25) is 9.59 Å². The Morgan fingerprint density at radius 2 is 1.84 bits per heavy atom. The number of carbonyl (C=O) groups is 2. The molecule has 0 radical (unpaired) electrons. The van der Waals surface area contributed by atoms with Crippen LogP contribution in [0.5, 0.6) is 0 Å². The Kier molecular flexibility index (Phi) is 6.91. The molecule has 0 bridgehead atoms. The van der Waals surface area contributed by atoms with Crippen LogP contribution in [-0.4, -0.2) is 77.0 Å². The molecule has 2 rings (SSSR count). The maximum absolute atomic E-state index is 12.4. The van der Waals surface area contributed by atoms with Crippen molar-refractivity contribution in [1.82, 2.24) is 14.5 Å². The Morgan fingerprint density at radius 3 is 2.40 bits per heavy atom. The Hall–Kier alpha value is -1.97. The minimum absolute atomic E-state index is 0.118. The van der Waals surface area contributed by atoms with E-state index in [1.54, 1.807) is 16.9 Å². The summed E-state index contributed by atoms with van der Waals surface area (Å²) in [5.41, 5.74) is 0.429. The van der Waals surface area contributed by atoms with Crippen LogP contribution >= 0.6 is 0 Å². The third-order valence-corrected chi connectivity index (χ3v) is 5.46. The first-order valence-electron chi connectivity index (χ1n) is 8.05. The lowest BCUT2D eigenvalue weighted by Crippen LogP contribution is -2.48. The minimum atomic E-state index is -3.59. The number of ether oxygens (including phenoxy) is 1. The molecule has 1 aromatic carbocycles. The van der Waals surface area contributed by atoms with Gasteiger partial charge in [-0.1, -0.05) is 0 Å². The highest BCUT2D eigenvalue weighted by Crippen LogP contribution is 2.13. The lowest BCUT2D eigenvalue weighted by molar-refractivity contribution is -0.119. The third-order valence-electron chi connectivity index (χ3n) is 3.98. The van der Waals surface area contributed by atoms with Crippen LogP contribution in [0.4, 0.5) is 0 Å². The van der Waals surface area contributed by atoms with Gasteiger partial charge in [-0.25, -0.2) is 13.1 Å². The van der Waals surface area contributed by atoms with E-state index >= 15 is 0 Å². The van der Waals surface area contributed by atoms with Crippen LogP contribution in [0.3, 0.4) is 0 Å². The molecule has 1 aliphatic rings. The zero-order valence-electron chi connectivity index (χ0n) is 14.2. The maximum atomic E-state index is 12.4. The third kappa shape index (κ3) is 5.25. The fourth-order valence-corrected chi connectivity index (χ4v) is 3.57. The van der Waals surface area contributed by atoms with Crippen LogP contribution < -0.4 is 4.72 Å². The smallest absolute Gasteiger partial charge is 0.253 e. The molecule has 1 N–H and O–H groups in total. The normalized spacial score (nSPS) is 15.2. The number of sulfonamides is 1. The molecular weight excluding hydrogens is 346 g/mol. The van der Waals surface area contributed by atoms with Crippen molar-refractivity contribution in [2.45, 2.75) is 11.3 Å². The van der Waals surface area contributed by atoms with Crippen LogP contribution in [0.15, 0.2) is 29.2 Å². The van der Waals surface area contributed by atoms with Gasteiger partial charge >= 0.3 is 0 Å². The second-order valence-electron chi connectivity index (χ2n) is 5.70. The highest BCUT2D eigenvalue weighted by Gasteiger charge is 2.22. The molecule has 8 nitrogen and oxygen atoms in total. The van der Waals surface area contributed by atoms with Crippen molar-refractivity contribution in [2.24, 2.45) is 0 Å². The van der Waals surface area contributed by atoms with E-state index in [1.165, 1.54) is 24.3 Å². The van der Waals surface area contributed by atoms with Crippen molar-refractivity contribution >= 4 is 22.3 Å². The molecule has 1 saturated heterocycles. The number of carbonyl (C=O) groups excluding carboxylic acids is 2. The van der Waals surface area contributed by atoms with Crippen molar-refractivity contribution in [1.29, 1.82) is 0 Å². The number of methoxy groups -OCH3 is 1. The Morgan fingerprint density at radius 1 is 1.20 bits per heavy atom. The van der Waals surface area contributed by atoms with Crippen LogP contribution in [-0.2, 0) is 19.6 Å². The number of nitrogens with one attached hydrogen (secondary N) is 1. The SMILES string of the molecule is COCCCNS(=O)(=O)c1ccc(C(=O)N2CCN(C=O)CC2)cc1. The van der Waals surface area contributed by atoms with Gasteiger partial charge in [0, 0.05) is 52.0 Å². The van der Waals surface area contributed by atoms with E-state index in [0.29, 0.717) is 44.8 Å². The van der Waals surface area contributed by atoms with Gasteiger partial charge in [0.1, 0.15) is 0 Å². The van der Waals surface area contributed by atoms with E-state index in [9.17, 15) is 18.0 Å². The fourth-order valence-electron chi connectivity index (χ4n) is 2.50. The van der Waals surface area contributed by atoms with Crippen molar-refractivity contribution in [2.75, 3.05) is 46.4 Å². The van der Waals surface area contributed by atoms with Gasteiger partial charge in [0.25, 0.3) is 5.91 Å². The lowest BCUT2D eigenvalue weighted by atomic mass is 10.2. The number of benzene rings is 1. The van der Waals surface area contributed by atoms with E-state index in [2.05, 4.69) is 4.72 Å². The Bertz CT molecular complexity index is 682. The summed E-state index contributed by atoms with van der Waals surface area (Å²) in [5.74, 6) is -0.164. The molecule has 0 saturated carbocycles. The van der Waals surface area contributed by atoms with E-state index in [4.69, 9.17) is 4.74 Å². The molecule has 1 aromatic rings. The number of hydrogen-bond acceptors (Lipinski definition) is 5. The van der Waals surface area contributed by atoms with Crippen LogP contribution in [0.2, 0.25) is 0 Å². The van der Waals surface area contributed by atoms with Crippen LogP contribution in [0.25, 0.3) is 0 Å². The topological polar surface area (TPSA) is 96.0 Å². The molecule has 0 aliphatic carbocycles. The quantitative estimate of drug-likeness (QED) is 0.511. The molecular formula is C16H23N3O5S. The predicted molar refractivity (Wildman–Crippen MR) is 91.7 cm³/mol. The molecule has 138 valence electrons. The molecule has 1 heterocycles. The Balaban J connectivity index is 1.97. The van der Waals surface area contributed by atoms with Gasteiger partial charge in [0.2, 0.25) is 16.4 Å². The minimum Gasteiger partial charge on any atom is -0.385 e. The summed E-state index contributed by atoms with van der Waals surface area (Å²) >= 11 is 0. The summed E-state index contributed by atoms with van der Waals surface area (Å²) in [6, 6.07) is 5.87. The molecule has 0 atom stereocenters. The van der Waals surface area contributed by atoms with E-state index in [0.717, 1.165) is 6.41 Å². The van der Waals surface area contributed by atoms with Crippen molar-refractivity contribution in [3.05, 3.63) is 29.8 Å². The first-order valence-corrected chi connectivity index (χ1v) is 9.53. The van der Waals surface area contributed by atoms with E-state index in [1.807, 2.05) is 0 Å². The Labute approximate surface area is 147 Å². The average Bonchev–Trinajstić information content (AvgIpc) is 2.65. The predicted octanol–water partition coefficient (Wildman–Crippen LogP) is -0.0844. The number of piperazine rings is 1. The van der Waals surface area contributed by atoms with Crippen molar-refractivity contribution in [3.63, 3.8) is 0 Å². The first-order chi connectivity index (χ1) is 12.0. The average molecular weight is 369 g/mol. The van der Waals surface area contributed by atoms with Gasteiger partial charge < -0.3 is 14.5 Å². The van der Waals surface area contributed by atoms with Gasteiger partial charge in [-0.2, -0.15) is 0 Å². The van der Waals surface area contributed by atoms with E-state index < -0.39 is 10.0 Å². The molecule has 9 heteroatoms. The monoisotopic (exact) mass is 369 g/mol. The second kappa shape index (κ2) is 8.93. The van der Waals surface area contributed by atoms with Crippen molar-refractivity contribution < 1.29 is 22.7 Å². The van der Waals surface area contributed by atoms with Crippen LogP contribution in [0, 0.1) is 0 Å². The van der Waals surface area contributed by atoms with Gasteiger partial charge in [0.15, 0.2) is 0 Å². The molecule has 1 fully saturated rings. The van der Waals surface area contributed by atoms with Crippen molar-refractivity contribution in [3.8, 4) is 0 Å². The largest absolute Gasteiger partial charge is 0.385 e. The summed E-state index contributed by atoms with van der Waals surface area (Å²) in [5, 5.41) is 0. The molecule has 25 heavy (non-hydrogen) atoms. The highest BCUT2D eigenvalue weighted by molar-refractivity contribution is 7.89. The number of amides is 2. The second-order valence-corrected chi connectivity index (χ2v) is 7.47. The summed E-state index contributed by atoms with van der Waals surface area (Å²) in [6.07, 6.45) is 1.36. The maximum Gasteiger partial charge on any atom is 0.253 e. The zero-order valence-corrected chi connectivity index (χ0v) is 15.0. The van der Waals surface area contributed by atoms with Gasteiger partial charge in [-0.05, 0) is 30.7 Å². The molecule has 2 amide bonds. The highest BCUT2D eigenvalue weighted by atomic mass is 32.2. The number of rotatable bonds is 8. The molecule has 0 aromatic heterocycles.